The number of pyridine rings is 1. The van der Waals surface area contributed by atoms with E-state index in [1.54, 1.807) is 42.5 Å². The predicted octanol–water partition coefficient (Wildman–Crippen LogP) is 3.64. The van der Waals surface area contributed by atoms with E-state index in [0.29, 0.717) is 22.3 Å². The third-order valence-corrected chi connectivity index (χ3v) is 6.26. The van der Waals surface area contributed by atoms with Crippen LogP contribution >= 0.6 is 0 Å². The number of nitrogens with zero attached hydrogens (tertiary/aromatic N) is 1. The second-order valence-corrected chi connectivity index (χ2v) is 8.02. The molecule has 28 heavy (non-hydrogen) atoms. The lowest BCUT2D eigenvalue weighted by atomic mass is 10.1. The molecule has 140 valence electrons. The summed E-state index contributed by atoms with van der Waals surface area (Å²) < 4.78 is 31.4. The molecule has 0 aliphatic carbocycles. The third kappa shape index (κ3) is 2.95. The van der Waals surface area contributed by atoms with Crippen molar-refractivity contribution in [2.75, 3.05) is 7.11 Å². The largest absolute Gasteiger partial charge is 0.496 e. The van der Waals surface area contributed by atoms with Gasteiger partial charge in [0.2, 0.25) is 15.6 Å². The van der Waals surface area contributed by atoms with E-state index in [2.05, 4.69) is 9.97 Å². The maximum Gasteiger partial charge on any atom is 0.212 e. The number of carbonyl (C=O) groups excluding carboxylic acids is 1. The Morgan fingerprint density at radius 1 is 1.00 bits per heavy atom. The number of H-pyrrole nitrogens is 1. The molecule has 2 heterocycles. The van der Waals surface area contributed by atoms with E-state index in [0.717, 1.165) is 0 Å². The first-order chi connectivity index (χ1) is 13.5. The molecule has 4 rings (SSSR count). The monoisotopic (exact) mass is 392 g/mol. The van der Waals surface area contributed by atoms with Crippen molar-refractivity contribution >= 4 is 26.7 Å². The summed E-state index contributed by atoms with van der Waals surface area (Å²) in [6, 6.07) is 18.0. The molecule has 2 aromatic carbocycles. The van der Waals surface area contributed by atoms with Gasteiger partial charge in [-0.2, -0.15) is 0 Å². The fourth-order valence-corrected chi connectivity index (χ4v) is 4.52. The molecule has 2 aromatic heterocycles. The van der Waals surface area contributed by atoms with Crippen molar-refractivity contribution in [2.45, 2.75) is 9.79 Å². The lowest BCUT2D eigenvalue weighted by Crippen LogP contribution is -2.04. The summed E-state index contributed by atoms with van der Waals surface area (Å²) in [6.45, 7) is 0. The second-order valence-electron chi connectivity index (χ2n) is 6.10. The molecule has 0 atom stereocenters. The van der Waals surface area contributed by atoms with Crippen molar-refractivity contribution in [1.82, 2.24) is 9.97 Å². The van der Waals surface area contributed by atoms with Crippen LogP contribution in [0.3, 0.4) is 0 Å². The molecule has 0 unspecified atom stereocenters. The zero-order valence-electron chi connectivity index (χ0n) is 14.9. The highest BCUT2D eigenvalue weighted by Gasteiger charge is 2.23. The summed E-state index contributed by atoms with van der Waals surface area (Å²) in [4.78, 5) is 20.3. The Morgan fingerprint density at radius 3 is 2.46 bits per heavy atom. The molecule has 0 saturated heterocycles. The average Bonchev–Trinajstić information content (AvgIpc) is 3.18. The van der Waals surface area contributed by atoms with Crippen LogP contribution in [-0.2, 0) is 9.84 Å². The molecule has 4 aromatic rings. The minimum atomic E-state index is -3.75. The van der Waals surface area contributed by atoms with Gasteiger partial charge in [-0.15, -0.1) is 0 Å². The Labute approximate surface area is 161 Å². The van der Waals surface area contributed by atoms with Crippen LogP contribution in [0.5, 0.6) is 5.75 Å². The summed E-state index contributed by atoms with van der Waals surface area (Å²) in [6.07, 6.45) is 1.41. The topological polar surface area (TPSA) is 89.1 Å². The van der Waals surface area contributed by atoms with Gasteiger partial charge in [-0.25, -0.2) is 13.4 Å². The van der Waals surface area contributed by atoms with Gasteiger partial charge in [-0.1, -0.05) is 30.3 Å². The molecular formula is C21H16N2O4S. The quantitative estimate of drug-likeness (QED) is 0.524. The first kappa shape index (κ1) is 17.9. The number of nitrogens with one attached hydrogen (secondary N) is 1. The van der Waals surface area contributed by atoms with Crippen LogP contribution < -0.4 is 4.74 Å². The fraction of sp³-hybridized carbons (Fsp3) is 0.0476. The van der Waals surface area contributed by atoms with E-state index >= 15 is 0 Å². The molecule has 0 bridgehead atoms. The number of carbonyl (C=O) groups is 1. The van der Waals surface area contributed by atoms with E-state index in [9.17, 15) is 13.2 Å². The number of para-hydroxylation sites is 1. The molecular weight excluding hydrogens is 376 g/mol. The van der Waals surface area contributed by atoms with Gasteiger partial charge in [0.15, 0.2) is 0 Å². The zero-order chi connectivity index (χ0) is 19.7. The number of aromatic amines is 1. The Kier molecular flexibility index (Phi) is 4.44. The lowest BCUT2D eigenvalue weighted by molar-refractivity contribution is 0.103. The van der Waals surface area contributed by atoms with E-state index in [1.165, 1.54) is 37.6 Å². The molecule has 7 heteroatoms. The average molecular weight is 392 g/mol. The number of methoxy groups -OCH3 is 1. The number of hydrogen-bond donors (Lipinski definition) is 1. The molecule has 0 spiro atoms. The highest BCUT2D eigenvalue weighted by molar-refractivity contribution is 7.91. The van der Waals surface area contributed by atoms with Gasteiger partial charge < -0.3 is 9.72 Å². The van der Waals surface area contributed by atoms with Crippen LogP contribution in [0.15, 0.2) is 82.7 Å². The Morgan fingerprint density at radius 2 is 1.71 bits per heavy atom. The van der Waals surface area contributed by atoms with E-state index in [-0.39, 0.29) is 21.3 Å². The minimum Gasteiger partial charge on any atom is -0.496 e. The highest BCUT2D eigenvalue weighted by Crippen LogP contribution is 2.29. The molecule has 6 nitrogen and oxygen atoms in total. The maximum absolute atomic E-state index is 13.1. The van der Waals surface area contributed by atoms with Gasteiger partial charge in [0.1, 0.15) is 11.4 Å². The van der Waals surface area contributed by atoms with Crippen LogP contribution in [0.25, 0.3) is 11.0 Å². The summed E-state index contributed by atoms with van der Waals surface area (Å²) in [7, 11) is -2.26. The Hall–Kier alpha value is -3.45. The number of benzene rings is 2. The Balaban J connectivity index is 1.85. The van der Waals surface area contributed by atoms with Crippen LogP contribution in [0, 0.1) is 0 Å². The normalized spacial score (nSPS) is 11.5. The van der Waals surface area contributed by atoms with Crippen LogP contribution in [0.4, 0.5) is 0 Å². The Bertz CT molecular complexity index is 1280. The van der Waals surface area contributed by atoms with Crippen molar-refractivity contribution < 1.29 is 17.9 Å². The molecule has 0 saturated carbocycles. The maximum atomic E-state index is 13.1. The number of rotatable bonds is 5. The predicted molar refractivity (Wildman–Crippen MR) is 104 cm³/mol. The molecule has 0 aliphatic rings. The number of ketones is 1. The first-order valence-electron chi connectivity index (χ1n) is 8.48. The first-order valence-corrected chi connectivity index (χ1v) is 9.96. The van der Waals surface area contributed by atoms with Gasteiger partial charge in [-0.3, -0.25) is 4.79 Å². The SMILES string of the molecule is COc1ccccc1C(=O)c1cc2c(S(=O)(=O)c3ccccc3)ccnc2[nH]1. The van der Waals surface area contributed by atoms with Crippen LogP contribution in [0.2, 0.25) is 0 Å². The molecule has 0 amide bonds. The van der Waals surface area contributed by atoms with Crippen molar-refractivity contribution in [3.63, 3.8) is 0 Å². The minimum absolute atomic E-state index is 0.0963. The lowest BCUT2D eigenvalue weighted by Gasteiger charge is -2.05. The van der Waals surface area contributed by atoms with Gasteiger partial charge >= 0.3 is 0 Å². The number of aromatic nitrogens is 2. The summed E-state index contributed by atoms with van der Waals surface area (Å²) in [5.74, 6) is 0.134. The molecule has 1 N–H and O–H groups in total. The standard InChI is InChI=1S/C21H16N2O4S/c1-27-18-10-6-5-9-15(18)20(24)17-13-16-19(11-12-22-21(16)23-17)28(25,26)14-7-3-2-4-8-14/h2-13H,1H3,(H,22,23). The van der Waals surface area contributed by atoms with Gasteiger partial charge in [-0.05, 0) is 36.4 Å². The van der Waals surface area contributed by atoms with Crippen molar-refractivity contribution in [3.05, 3.63) is 84.2 Å². The van der Waals surface area contributed by atoms with Gasteiger partial charge in [0.05, 0.1) is 28.2 Å². The zero-order valence-corrected chi connectivity index (χ0v) is 15.7. The van der Waals surface area contributed by atoms with Crippen LogP contribution in [-0.4, -0.2) is 31.3 Å². The van der Waals surface area contributed by atoms with E-state index in [1.807, 2.05) is 0 Å². The van der Waals surface area contributed by atoms with E-state index < -0.39 is 9.84 Å². The summed E-state index contributed by atoms with van der Waals surface area (Å²) in [5, 5.41) is 0.365. The summed E-state index contributed by atoms with van der Waals surface area (Å²) in [5.41, 5.74) is 0.946. The molecule has 0 radical (unpaired) electrons. The number of fused-ring (bicyclic) bond motifs is 1. The van der Waals surface area contributed by atoms with Gasteiger partial charge in [0, 0.05) is 11.6 Å². The number of sulfone groups is 1. The highest BCUT2D eigenvalue weighted by atomic mass is 32.2. The van der Waals surface area contributed by atoms with E-state index in [4.69, 9.17) is 4.74 Å². The fourth-order valence-electron chi connectivity index (χ4n) is 3.06. The molecule has 0 fully saturated rings. The number of hydrogen-bond acceptors (Lipinski definition) is 5. The third-order valence-electron chi connectivity index (χ3n) is 4.43. The number of ether oxygens (including phenoxy) is 1. The smallest absolute Gasteiger partial charge is 0.212 e. The van der Waals surface area contributed by atoms with Gasteiger partial charge in [0.25, 0.3) is 0 Å². The van der Waals surface area contributed by atoms with Crippen LogP contribution in [0.1, 0.15) is 16.1 Å². The van der Waals surface area contributed by atoms with Crippen molar-refractivity contribution in [3.8, 4) is 5.75 Å². The van der Waals surface area contributed by atoms with Crippen molar-refractivity contribution in [1.29, 1.82) is 0 Å². The second kappa shape index (κ2) is 6.94. The molecule has 0 aliphatic heterocycles. The summed E-state index contributed by atoms with van der Waals surface area (Å²) >= 11 is 0. The van der Waals surface area contributed by atoms with Crippen molar-refractivity contribution in [2.24, 2.45) is 0 Å².